The molecule has 0 saturated heterocycles. The summed E-state index contributed by atoms with van der Waals surface area (Å²) in [4.78, 5) is 0. The van der Waals surface area contributed by atoms with Crippen molar-refractivity contribution >= 4 is 0 Å². The first-order valence-electron chi connectivity index (χ1n) is 10.9. The highest BCUT2D eigenvalue weighted by molar-refractivity contribution is 5.67. The van der Waals surface area contributed by atoms with Crippen LogP contribution in [0, 0.1) is 0 Å². The molecule has 1 aromatic heterocycles. The number of benzene rings is 1. The van der Waals surface area contributed by atoms with E-state index in [0.29, 0.717) is 0 Å². The van der Waals surface area contributed by atoms with Crippen molar-refractivity contribution in [3.8, 4) is 17.0 Å². The largest absolute Gasteiger partial charge is 0.494 e. The Bertz CT molecular complexity index is 778. The maximum absolute atomic E-state index is 6.05. The van der Waals surface area contributed by atoms with Crippen molar-refractivity contribution in [2.45, 2.75) is 84.1 Å². The number of hydrogen-bond acceptors (Lipinski definition) is 1. The lowest BCUT2D eigenvalue weighted by Gasteiger charge is -2.48. The van der Waals surface area contributed by atoms with Crippen LogP contribution in [-0.2, 0) is 11.0 Å². The van der Waals surface area contributed by atoms with E-state index in [2.05, 4.69) is 81.8 Å². The fourth-order valence-corrected chi connectivity index (χ4v) is 5.43. The quantitative estimate of drug-likeness (QED) is 0.389. The molecule has 1 aromatic carbocycles. The zero-order valence-corrected chi connectivity index (χ0v) is 17.8. The molecule has 3 rings (SSSR count). The van der Waals surface area contributed by atoms with E-state index in [4.69, 9.17) is 4.74 Å². The van der Waals surface area contributed by atoms with Gasteiger partial charge in [-0.15, -0.1) is 0 Å². The summed E-state index contributed by atoms with van der Waals surface area (Å²) < 4.78 is 8.62. The fourth-order valence-electron chi connectivity index (χ4n) is 5.43. The average Bonchev–Trinajstić information content (AvgIpc) is 2.69. The molecule has 0 spiro atoms. The molecule has 2 heteroatoms. The third-order valence-corrected chi connectivity index (χ3v) is 6.90. The minimum atomic E-state index is 0.108. The van der Waals surface area contributed by atoms with Gasteiger partial charge in [-0.2, -0.15) is 4.57 Å². The van der Waals surface area contributed by atoms with Crippen molar-refractivity contribution in [3.63, 3.8) is 0 Å². The number of pyridine rings is 1. The molecular formula is C25H36NO+. The van der Waals surface area contributed by atoms with Gasteiger partial charge in [0.1, 0.15) is 5.75 Å². The zero-order chi connectivity index (χ0) is 19.5. The first-order chi connectivity index (χ1) is 13.1. The third-order valence-electron chi connectivity index (χ3n) is 6.90. The summed E-state index contributed by atoms with van der Waals surface area (Å²) in [5.74, 6) is 0.997. The number of unbranched alkanes of at least 4 members (excludes halogenated alkanes) is 1. The monoisotopic (exact) mass is 366 g/mol. The average molecular weight is 367 g/mol. The number of fused-ring (bicyclic) bond motifs is 3. The maximum atomic E-state index is 6.05. The maximum Gasteiger partial charge on any atom is 0.213 e. The molecule has 2 heterocycles. The van der Waals surface area contributed by atoms with E-state index in [9.17, 15) is 0 Å². The van der Waals surface area contributed by atoms with Crippen LogP contribution in [0.4, 0.5) is 0 Å². The van der Waals surface area contributed by atoms with Gasteiger partial charge in [0.05, 0.1) is 17.6 Å². The molecule has 0 fully saturated rings. The summed E-state index contributed by atoms with van der Waals surface area (Å²) in [6.07, 6.45) is 9.21. The van der Waals surface area contributed by atoms with Crippen molar-refractivity contribution in [2.75, 3.05) is 6.61 Å². The molecule has 0 amide bonds. The van der Waals surface area contributed by atoms with Crippen molar-refractivity contribution in [1.29, 1.82) is 0 Å². The predicted octanol–water partition coefficient (Wildman–Crippen LogP) is 6.41. The van der Waals surface area contributed by atoms with Gasteiger partial charge in [-0.25, -0.2) is 0 Å². The smallest absolute Gasteiger partial charge is 0.213 e. The van der Waals surface area contributed by atoms with E-state index < -0.39 is 0 Å². The van der Waals surface area contributed by atoms with E-state index in [-0.39, 0.29) is 11.0 Å². The van der Waals surface area contributed by atoms with Crippen molar-refractivity contribution in [3.05, 3.63) is 48.2 Å². The van der Waals surface area contributed by atoms with Gasteiger partial charge in [-0.3, -0.25) is 0 Å². The van der Waals surface area contributed by atoms with Gasteiger partial charge in [0, 0.05) is 25.0 Å². The van der Waals surface area contributed by atoms with Crippen molar-refractivity contribution < 1.29 is 9.30 Å². The Hall–Kier alpha value is -1.83. The summed E-state index contributed by atoms with van der Waals surface area (Å²) in [5, 5.41) is 0. The molecule has 0 aliphatic carbocycles. The van der Waals surface area contributed by atoms with Gasteiger partial charge in [0.2, 0.25) is 5.69 Å². The third kappa shape index (κ3) is 3.07. The molecule has 0 saturated carbocycles. The second kappa shape index (κ2) is 8.04. The molecule has 0 bridgehead atoms. The highest BCUT2D eigenvalue weighted by atomic mass is 16.5. The van der Waals surface area contributed by atoms with Gasteiger partial charge in [-0.1, -0.05) is 46.6 Å². The van der Waals surface area contributed by atoms with Crippen LogP contribution < -0.4 is 9.30 Å². The topological polar surface area (TPSA) is 13.1 Å². The number of nitrogens with zero attached hydrogens (tertiary/aromatic N) is 1. The number of rotatable bonds is 8. The lowest BCUT2D eigenvalue weighted by atomic mass is 9.58. The van der Waals surface area contributed by atoms with Crippen LogP contribution in [0.5, 0.6) is 5.75 Å². The van der Waals surface area contributed by atoms with Crippen LogP contribution in [0.15, 0.2) is 42.6 Å². The molecule has 1 aliphatic rings. The Kier molecular flexibility index (Phi) is 5.93. The van der Waals surface area contributed by atoms with Crippen molar-refractivity contribution in [1.82, 2.24) is 0 Å². The van der Waals surface area contributed by atoms with E-state index in [1.54, 1.807) is 0 Å². The molecule has 0 N–H and O–H groups in total. The van der Waals surface area contributed by atoms with E-state index in [1.807, 2.05) is 0 Å². The van der Waals surface area contributed by atoms with Gasteiger partial charge < -0.3 is 4.74 Å². The standard InChI is InChI=1S/C25H36NO/c1-6-10-18-27-20-14-15-22-21(19-20)23-13-11-12-17-26(23)25(8-3,9-4)24(22,5)16-7-2/h11-15,17,19H,6-10,16,18H2,1-5H3/q+1. The van der Waals surface area contributed by atoms with Gasteiger partial charge >= 0.3 is 0 Å². The Labute approximate surface area is 165 Å². The lowest BCUT2D eigenvalue weighted by Crippen LogP contribution is -2.68. The Morgan fingerprint density at radius 3 is 2.41 bits per heavy atom. The molecule has 2 nitrogen and oxygen atoms in total. The van der Waals surface area contributed by atoms with Crippen LogP contribution in [0.3, 0.4) is 0 Å². The second-order valence-electron chi connectivity index (χ2n) is 8.19. The van der Waals surface area contributed by atoms with E-state index in [1.165, 1.54) is 29.7 Å². The SMILES string of the molecule is CCCCOc1ccc2c(c1)-c1cccc[n+]1C(CC)(CC)C2(C)CCC. The summed E-state index contributed by atoms with van der Waals surface area (Å²) in [7, 11) is 0. The van der Waals surface area contributed by atoms with Gasteiger partial charge in [-0.05, 0) is 43.5 Å². The number of hydrogen-bond donors (Lipinski definition) is 0. The van der Waals surface area contributed by atoms with Crippen LogP contribution >= 0.6 is 0 Å². The zero-order valence-electron chi connectivity index (χ0n) is 17.8. The molecule has 27 heavy (non-hydrogen) atoms. The van der Waals surface area contributed by atoms with Gasteiger partial charge in [0.25, 0.3) is 0 Å². The summed E-state index contributed by atoms with van der Waals surface area (Å²) in [5.41, 5.74) is 4.38. The van der Waals surface area contributed by atoms with E-state index in [0.717, 1.165) is 38.0 Å². The fraction of sp³-hybridized carbons (Fsp3) is 0.560. The number of ether oxygens (including phenoxy) is 1. The number of aromatic nitrogens is 1. The highest BCUT2D eigenvalue weighted by Crippen LogP contribution is 2.52. The minimum Gasteiger partial charge on any atom is -0.494 e. The molecule has 0 radical (unpaired) electrons. The van der Waals surface area contributed by atoms with Crippen LogP contribution in [0.25, 0.3) is 11.3 Å². The van der Waals surface area contributed by atoms with Crippen LogP contribution in [0.1, 0.15) is 78.7 Å². The Morgan fingerprint density at radius 2 is 1.74 bits per heavy atom. The summed E-state index contributed by atoms with van der Waals surface area (Å²) >= 11 is 0. The molecular weight excluding hydrogens is 330 g/mol. The first kappa shape index (κ1) is 19.9. The summed E-state index contributed by atoms with van der Waals surface area (Å²) in [6.45, 7) is 12.5. The van der Waals surface area contributed by atoms with E-state index >= 15 is 0 Å². The molecule has 146 valence electrons. The van der Waals surface area contributed by atoms with Crippen molar-refractivity contribution in [2.24, 2.45) is 0 Å². The van der Waals surface area contributed by atoms with Crippen LogP contribution in [0.2, 0.25) is 0 Å². The molecule has 2 aromatic rings. The van der Waals surface area contributed by atoms with Gasteiger partial charge in [0.15, 0.2) is 11.7 Å². The Morgan fingerprint density at radius 1 is 0.963 bits per heavy atom. The molecule has 1 atom stereocenters. The molecule has 1 unspecified atom stereocenters. The minimum absolute atomic E-state index is 0.108. The molecule has 1 aliphatic heterocycles. The first-order valence-corrected chi connectivity index (χ1v) is 10.9. The Balaban J connectivity index is 2.21. The predicted molar refractivity (Wildman–Crippen MR) is 113 cm³/mol. The second-order valence-corrected chi connectivity index (χ2v) is 8.19. The highest BCUT2D eigenvalue weighted by Gasteiger charge is 2.58. The summed E-state index contributed by atoms with van der Waals surface area (Å²) in [6, 6.07) is 13.4. The lowest BCUT2D eigenvalue weighted by molar-refractivity contribution is -0.769. The van der Waals surface area contributed by atoms with Crippen LogP contribution in [-0.4, -0.2) is 6.61 Å². The normalized spacial score (nSPS) is 20.0.